The van der Waals surface area contributed by atoms with Crippen molar-refractivity contribution >= 4 is 33.0 Å². The summed E-state index contributed by atoms with van der Waals surface area (Å²) in [6.45, 7) is 9.18. The molecule has 0 fully saturated rings. The van der Waals surface area contributed by atoms with Gasteiger partial charge in [0.15, 0.2) is 0 Å². The van der Waals surface area contributed by atoms with E-state index in [-0.39, 0.29) is 22.3 Å². The Labute approximate surface area is 361 Å². The quantitative estimate of drug-likeness (QED) is 0.173. The van der Waals surface area contributed by atoms with Gasteiger partial charge in [-0.25, -0.2) is 4.39 Å². The molecule has 0 amide bonds. The molecule has 3 nitrogen and oxygen atoms in total. The normalized spacial score (nSPS) is 13.2. The molecule has 0 spiro atoms. The van der Waals surface area contributed by atoms with Crippen molar-refractivity contribution in [2.45, 2.75) is 38.5 Å². The van der Waals surface area contributed by atoms with E-state index in [2.05, 4.69) is 164 Å². The highest BCUT2D eigenvalue weighted by atomic mass is 79.9. The van der Waals surface area contributed by atoms with Crippen LogP contribution in [0.25, 0.3) is 44.5 Å². The molecule has 0 aromatic heterocycles. The average Bonchev–Trinajstić information content (AvgIpc) is 3.66. The van der Waals surface area contributed by atoms with Gasteiger partial charge in [0.1, 0.15) is 5.82 Å². The van der Waals surface area contributed by atoms with Gasteiger partial charge in [0.05, 0.1) is 17.3 Å². The molecule has 5 heteroatoms. The number of nitriles is 1. The Morgan fingerprint density at radius 1 is 0.517 bits per heavy atom. The van der Waals surface area contributed by atoms with E-state index in [4.69, 9.17) is 5.73 Å². The molecule has 0 heterocycles. The van der Waals surface area contributed by atoms with Gasteiger partial charge in [-0.2, -0.15) is 5.26 Å². The van der Waals surface area contributed by atoms with Gasteiger partial charge in [-0.15, -0.1) is 0 Å². The summed E-state index contributed by atoms with van der Waals surface area (Å²) in [5.74, 6) is -0.371. The molecule has 0 atom stereocenters. The van der Waals surface area contributed by atoms with Crippen molar-refractivity contribution in [2.24, 2.45) is 0 Å². The van der Waals surface area contributed by atoms with Crippen LogP contribution in [-0.2, 0) is 10.8 Å². The van der Waals surface area contributed by atoms with Crippen molar-refractivity contribution in [1.29, 1.82) is 5.26 Å². The summed E-state index contributed by atoms with van der Waals surface area (Å²) in [6.07, 6.45) is 0. The topological polar surface area (TPSA) is 61.8 Å². The van der Waals surface area contributed by atoms with E-state index in [0.717, 1.165) is 33.6 Å². The lowest BCUT2D eigenvalue weighted by atomic mass is 9.82. The summed E-state index contributed by atoms with van der Waals surface area (Å²) < 4.78 is 14.1. The highest BCUT2D eigenvalue weighted by molar-refractivity contribution is 9.10. The number of rotatable bonds is 4. The summed E-state index contributed by atoms with van der Waals surface area (Å²) in [5.41, 5.74) is 23.6. The number of fused-ring (bicyclic) bond motifs is 6. The van der Waals surface area contributed by atoms with Crippen molar-refractivity contribution in [2.75, 3.05) is 11.1 Å². The van der Waals surface area contributed by atoms with E-state index >= 15 is 0 Å². The van der Waals surface area contributed by atoms with Crippen LogP contribution in [-0.4, -0.2) is 0 Å². The molecule has 2 aliphatic rings. The molecule has 0 saturated heterocycles. The Hall–Kier alpha value is -6.74. The number of anilines is 3. The van der Waals surface area contributed by atoms with Crippen molar-refractivity contribution < 1.29 is 4.39 Å². The fourth-order valence-corrected chi connectivity index (χ4v) is 9.20. The van der Waals surface area contributed by atoms with Crippen LogP contribution in [0.15, 0.2) is 186 Å². The molecule has 0 aliphatic heterocycles. The SMILES string of the molecule is CC1(C)c2ccccc2-c2c(Br)cccc21.CC1(C)c2ccccc2-c2c(Nc3cccc(-c4cccc(C#N)c4)c3)cccc21.Nc1cc(-c2ccccc2)ccc1F. The lowest BCUT2D eigenvalue weighted by Crippen LogP contribution is -2.14. The largest absolute Gasteiger partial charge is 0.396 e. The van der Waals surface area contributed by atoms with Gasteiger partial charge in [0.25, 0.3) is 0 Å². The molecule has 3 N–H and O–H groups in total. The van der Waals surface area contributed by atoms with E-state index in [1.165, 1.54) is 55.0 Å². The second-order valence-electron chi connectivity index (χ2n) is 16.2. The number of hydrogen-bond donors (Lipinski definition) is 2. The van der Waals surface area contributed by atoms with Gasteiger partial charge in [-0.05, 0) is 104 Å². The standard InChI is InChI=1S/C28H22N2.C15H13Br.C12H10FN/c1-28(2)24-13-4-3-12-23(24)27-25(28)14-7-15-26(27)30-22-11-6-10-21(17-22)20-9-5-8-19(16-20)18-29;1-15(2)11-7-4-3-6-10(11)14-12(15)8-5-9-13(14)16;13-11-7-6-10(8-12(11)14)9-4-2-1-3-5-9/h3-17,30H,1-2H3;3-9H,1-2H3;1-8H,14H2. The second-order valence-corrected chi connectivity index (χ2v) is 17.1. The third-order valence-electron chi connectivity index (χ3n) is 11.7. The van der Waals surface area contributed by atoms with Gasteiger partial charge in [0, 0.05) is 37.8 Å². The first-order valence-corrected chi connectivity index (χ1v) is 20.9. The maximum Gasteiger partial charge on any atom is 0.146 e. The first-order valence-electron chi connectivity index (χ1n) is 20.1. The van der Waals surface area contributed by atoms with Crippen LogP contribution in [0, 0.1) is 17.1 Å². The zero-order chi connectivity index (χ0) is 42.0. The predicted molar refractivity (Wildman–Crippen MR) is 252 cm³/mol. The fraction of sp³-hybridized carbons (Fsp3) is 0.109. The zero-order valence-corrected chi connectivity index (χ0v) is 35.7. The molecule has 294 valence electrons. The highest BCUT2D eigenvalue weighted by Crippen LogP contribution is 2.52. The van der Waals surface area contributed by atoms with E-state index < -0.39 is 0 Å². The Kier molecular flexibility index (Phi) is 11.0. The number of nitrogens with one attached hydrogen (secondary N) is 1. The van der Waals surface area contributed by atoms with Gasteiger partial charge < -0.3 is 11.1 Å². The van der Waals surface area contributed by atoms with Crippen molar-refractivity contribution in [3.63, 3.8) is 0 Å². The lowest BCUT2D eigenvalue weighted by molar-refractivity contribution is 0.632. The van der Waals surface area contributed by atoms with Crippen molar-refractivity contribution in [3.8, 4) is 50.6 Å². The van der Waals surface area contributed by atoms with Crippen LogP contribution in [0.3, 0.4) is 0 Å². The molecule has 0 unspecified atom stereocenters. The number of benzene rings is 8. The fourth-order valence-electron chi connectivity index (χ4n) is 8.62. The van der Waals surface area contributed by atoms with Crippen LogP contribution in [0.4, 0.5) is 21.5 Å². The summed E-state index contributed by atoms with van der Waals surface area (Å²) in [6, 6.07) is 63.2. The molecule has 60 heavy (non-hydrogen) atoms. The molecule has 8 aromatic carbocycles. The molecule has 8 aromatic rings. The Morgan fingerprint density at radius 2 is 1.03 bits per heavy atom. The molecule has 0 radical (unpaired) electrons. The van der Waals surface area contributed by atoms with Crippen LogP contribution >= 0.6 is 15.9 Å². The van der Waals surface area contributed by atoms with Gasteiger partial charge in [-0.1, -0.05) is 177 Å². The molecular weight excluding hydrogens is 802 g/mol. The lowest BCUT2D eigenvalue weighted by Gasteiger charge is -2.21. The zero-order valence-electron chi connectivity index (χ0n) is 34.1. The Balaban J connectivity index is 0.000000139. The molecule has 2 aliphatic carbocycles. The van der Waals surface area contributed by atoms with Crippen LogP contribution < -0.4 is 11.1 Å². The van der Waals surface area contributed by atoms with Crippen molar-refractivity contribution in [1.82, 2.24) is 0 Å². The maximum absolute atomic E-state index is 12.9. The summed E-state index contributed by atoms with van der Waals surface area (Å²) in [5, 5.41) is 12.9. The maximum atomic E-state index is 12.9. The predicted octanol–water partition coefficient (Wildman–Crippen LogP) is 15.1. The molecular formula is C55H45BrFN3. The first kappa shape index (κ1) is 40.1. The number of nitrogens with zero attached hydrogens (tertiary/aromatic N) is 1. The Bertz CT molecular complexity index is 2910. The van der Waals surface area contributed by atoms with E-state index in [0.29, 0.717) is 5.56 Å². The van der Waals surface area contributed by atoms with E-state index in [1.807, 2.05) is 54.6 Å². The minimum Gasteiger partial charge on any atom is -0.396 e. The van der Waals surface area contributed by atoms with Crippen LogP contribution in [0.5, 0.6) is 0 Å². The Morgan fingerprint density at radius 3 is 1.70 bits per heavy atom. The van der Waals surface area contributed by atoms with Gasteiger partial charge >= 0.3 is 0 Å². The first-order chi connectivity index (χ1) is 29.0. The molecule has 0 bridgehead atoms. The molecule has 10 rings (SSSR count). The number of halogens is 2. The van der Waals surface area contributed by atoms with Gasteiger partial charge in [-0.3, -0.25) is 0 Å². The average molecular weight is 847 g/mol. The third kappa shape index (κ3) is 7.63. The molecule has 0 saturated carbocycles. The summed E-state index contributed by atoms with van der Waals surface area (Å²) in [4.78, 5) is 0. The monoisotopic (exact) mass is 845 g/mol. The summed E-state index contributed by atoms with van der Waals surface area (Å²) in [7, 11) is 0. The van der Waals surface area contributed by atoms with Crippen molar-refractivity contribution in [3.05, 3.63) is 220 Å². The summed E-state index contributed by atoms with van der Waals surface area (Å²) >= 11 is 3.67. The highest BCUT2D eigenvalue weighted by Gasteiger charge is 2.37. The van der Waals surface area contributed by atoms with Crippen LogP contribution in [0.1, 0.15) is 55.5 Å². The smallest absolute Gasteiger partial charge is 0.146 e. The second kappa shape index (κ2) is 16.5. The van der Waals surface area contributed by atoms with Gasteiger partial charge in [0.2, 0.25) is 0 Å². The number of nitrogens with two attached hydrogens (primary N) is 1. The minimum atomic E-state index is -0.371. The van der Waals surface area contributed by atoms with E-state index in [1.54, 1.807) is 12.1 Å². The number of nitrogen functional groups attached to an aromatic ring is 1. The third-order valence-corrected chi connectivity index (χ3v) is 12.4. The van der Waals surface area contributed by atoms with E-state index in [9.17, 15) is 9.65 Å². The van der Waals surface area contributed by atoms with Crippen LogP contribution in [0.2, 0.25) is 0 Å². The number of hydrogen-bond acceptors (Lipinski definition) is 3. The minimum absolute atomic E-state index is 0.0107.